The van der Waals surface area contributed by atoms with Crippen LogP contribution in [0.1, 0.15) is 34.8 Å². The lowest BCUT2D eigenvalue weighted by Gasteiger charge is -2.09. The summed E-state index contributed by atoms with van der Waals surface area (Å²) >= 11 is 0. The zero-order chi connectivity index (χ0) is 18.5. The largest absolute Gasteiger partial charge is 0.449 e. The quantitative estimate of drug-likeness (QED) is 0.615. The van der Waals surface area contributed by atoms with Crippen molar-refractivity contribution in [3.63, 3.8) is 0 Å². The summed E-state index contributed by atoms with van der Waals surface area (Å²) < 4.78 is 21.9. The van der Waals surface area contributed by atoms with Gasteiger partial charge in [0.25, 0.3) is 5.89 Å². The predicted molar refractivity (Wildman–Crippen MR) is 95.6 cm³/mol. The van der Waals surface area contributed by atoms with Crippen LogP contribution in [0.5, 0.6) is 0 Å². The molecule has 0 aliphatic rings. The van der Waals surface area contributed by atoms with Crippen LogP contribution in [0.2, 0.25) is 0 Å². The van der Waals surface area contributed by atoms with Crippen molar-refractivity contribution in [3.05, 3.63) is 65.8 Å². The molecule has 3 rings (SSSR count). The van der Waals surface area contributed by atoms with E-state index >= 15 is 0 Å². The minimum Gasteiger partial charge on any atom is -0.449 e. The fraction of sp³-hybridized carbons (Fsp3) is 0.222. The third-order valence-electron chi connectivity index (χ3n) is 3.53. The highest BCUT2D eigenvalue weighted by atomic mass is 32.2. The van der Waals surface area contributed by atoms with Crippen LogP contribution in [0.25, 0.3) is 11.4 Å². The topological polar surface area (TPSA) is 95.2 Å². The summed E-state index contributed by atoms with van der Waals surface area (Å²) in [4.78, 5) is 20.6. The first-order chi connectivity index (χ1) is 12.5. The molecule has 2 atom stereocenters. The Hall–Kier alpha value is -2.87. The summed E-state index contributed by atoms with van der Waals surface area (Å²) in [5, 5.41) is 3.88. The van der Waals surface area contributed by atoms with Crippen LogP contribution >= 0.6 is 0 Å². The summed E-state index contributed by atoms with van der Waals surface area (Å²) in [7, 11) is -0.984. The van der Waals surface area contributed by atoms with E-state index in [0.29, 0.717) is 22.7 Å². The van der Waals surface area contributed by atoms with Crippen molar-refractivity contribution in [3.8, 4) is 11.4 Å². The van der Waals surface area contributed by atoms with E-state index in [2.05, 4.69) is 15.1 Å². The van der Waals surface area contributed by atoms with Crippen LogP contribution < -0.4 is 0 Å². The molecule has 2 heterocycles. The van der Waals surface area contributed by atoms with Gasteiger partial charge >= 0.3 is 5.97 Å². The third-order valence-corrected chi connectivity index (χ3v) is 4.27. The van der Waals surface area contributed by atoms with Gasteiger partial charge in [-0.15, -0.1) is 0 Å². The SMILES string of the molecule is CC(OC(=O)c1cccc(CS(C)=O)c1)c1nc(-c2cccnc2)no1. The number of rotatable bonds is 6. The molecule has 0 bridgehead atoms. The lowest BCUT2D eigenvalue weighted by Crippen LogP contribution is -2.10. The Bertz CT molecular complexity index is 927. The first-order valence-electron chi connectivity index (χ1n) is 7.87. The summed E-state index contributed by atoms with van der Waals surface area (Å²) in [6, 6.07) is 10.4. The van der Waals surface area contributed by atoms with E-state index in [9.17, 15) is 9.00 Å². The van der Waals surface area contributed by atoms with Crippen molar-refractivity contribution in [2.45, 2.75) is 18.8 Å². The average Bonchev–Trinajstić information content (AvgIpc) is 3.12. The van der Waals surface area contributed by atoms with Crippen LogP contribution in [-0.2, 0) is 21.3 Å². The molecule has 0 aliphatic carbocycles. The van der Waals surface area contributed by atoms with Crippen LogP contribution in [0.15, 0.2) is 53.3 Å². The fourth-order valence-electron chi connectivity index (χ4n) is 2.31. The molecule has 0 aliphatic heterocycles. The molecule has 134 valence electrons. The van der Waals surface area contributed by atoms with E-state index in [1.807, 2.05) is 12.1 Å². The standard InChI is InChI=1S/C18H17N3O4S/c1-12(17-20-16(21-25-17)15-7-4-8-19-10-15)24-18(22)14-6-3-5-13(9-14)11-26(2)23/h3-10,12H,11H2,1-2H3. The molecule has 8 heteroatoms. The molecule has 26 heavy (non-hydrogen) atoms. The van der Waals surface area contributed by atoms with E-state index in [1.54, 1.807) is 49.8 Å². The maximum atomic E-state index is 12.3. The van der Waals surface area contributed by atoms with E-state index in [4.69, 9.17) is 9.26 Å². The number of esters is 1. The monoisotopic (exact) mass is 371 g/mol. The summed E-state index contributed by atoms with van der Waals surface area (Å²) in [5.41, 5.74) is 1.90. The van der Waals surface area contributed by atoms with Crippen molar-refractivity contribution in [1.82, 2.24) is 15.1 Å². The second-order valence-electron chi connectivity index (χ2n) is 5.66. The van der Waals surface area contributed by atoms with Gasteiger partial charge in [0.1, 0.15) is 0 Å². The highest BCUT2D eigenvalue weighted by Crippen LogP contribution is 2.21. The Morgan fingerprint density at radius 2 is 2.15 bits per heavy atom. The maximum absolute atomic E-state index is 12.3. The van der Waals surface area contributed by atoms with Crippen molar-refractivity contribution in [2.24, 2.45) is 0 Å². The molecule has 2 aromatic heterocycles. The first kappa shape index (κ1) is 17.9. The molecule has 0 N–H and O–H groups in total. The summed E-state index contributed by atoms with van der Waals surface area (Å²) in [6.45, 7) is 1.66. The second-order valence-corrected chi connectivity index (χ2v) is 7.10. The van der Waals surface area contributed by atoms with Gasteiger partial charge in [-0.1, -0.05) is 17.3 Å². The number of carbonyl (C=O) groups excluding carboxylic acids is 1. The van der Waals surface area contributed by atoms with E-state index < -0.39 is 22.9 Å². The summed E-state index contributed by atoms with van der Waals surface area (Å²) in [5.74, 6) is 0.447. The highest BCUT2D eigenvalue weighted by Gasteiger charge is 2.20. The van der Waals surface area contributed by atoms with Gasteiger partial charge in [-0.05, 0) is 36.8 Å². The van der Waals surface area contributed by atoms with Crippen LogP contribution in [0.3, 0.4) is 0 Å². The van der Waals surface area contributed by atoms with Crippen LogP contribution in [0, 0.1) is 0 Å². The Labute approximate surface area is 152 Å². The van der Waals surface area contributed by atoms with Gasteiger partial charge in [0.05, 0.1) is 5.56 Å². The molecule has 2 unspecified atom stereocenters. The molecular formula is C18H17N3O4S. The zero-order valence-electron chi connectivity index (χ0n) is 14.3. The maximum Gasteiger partial charge on any atom is 0.338 e. The molecule has 3 aromatic rings. The van der Waals surface area contributed by atoms with Crippen molar-refractivity contribution < 1.29 is 18.3 Å². The Kier molecular flexibility index (Phi) is 5.52. The van der Waals surface area contributed by atoms with Gasteiger partial charge in [0, 0.05) is 40.8 Å². The van der Waals surface area contributed by atoms with Gasteiger partial charge in [-0.25, -0.2) is 4.79 Å². The van der Waals surface area contributed by atoms with Gasteiger partial charge in [-0.3, -0.25) is 9.19 Å². The van der Waals surface area contributed by atoms with Gasteiger partial charge < -0.3 is 9.26 Å². The lowest BCUT2D eigenvalue weighted by molar-refractivity contribution is 0.0265. The van der Waals surface area contributed by atoms with E-state index in [-0.39, 0.29) is 5.89 Å². The minimum absolute atomic E-state index is 0.197. The van der Waals surface area contributed by atoms with Gasteiger partial charge in [0.2, 0.25) is 5.82 Å². The first-order valence-corrected chi connectivity index (χ1v) is 9.59. The average molecular weight is 371 g/mol. The molecule has 0 amide bonds. The second kappa shape index (κ2) is 8.01. The van der Waals surface area contributed by atoms with Gasteiger partial charge in [0.15, 0.2) is 6.10 Å². The number of hydrogen-bond acceptors (Lipinski definition) is 7. The number of aromatic nitrogens is 3. The molecule has 0 spiro atoms. The third kappa shape index (κ3) is 4.40. The number of pyridine rings is 1. The molecule has 0 saturated heterocycles. The van der Waals surface area contributed by atoms with Crippen LogP contribution in [-0.4, -0.2) is 31.6 Å². The zero-order valence-corrected chi connectivity index (χ0v) is 15.1. The number of benzene rings is 1. The fourth-order valence-corrected chi connectivity index (χ4v) is 2.96. The van der Waals surface area contributed by atoms with Crippen molar-refractivity contribution in [2.75, 3.05) is 6.26 Å². The van der Waals surface area contributed by atoms with E-state index in [1.165, 1.54) is 0 Å². The molecule has 0 saturated carbocycles. The molecule has 1 aromatic carbocycles. The number of ether oxygens (including phenoxy) is 1. The normalized spacial score (nSPS) is 13.2. The number of carbonyl (C=O) groups is 1. The Morgan fingerprint density at radius 3 is 2.88 bits per heavy atom. The van der Waals surface area contributed by atoms with Crippen molar-refractivity contribution in [1.29, 1.82) is 0 Å². The van der Waals surface area contributed by atoms with Crippen molar-refractivity contribution >= 4 is 16.8 Å². The highest BCUT2D eigenvalue weighted by molar-refractivity contribution is 7.83. The minimum atomic E-state index is -0.984. The Morgan fingerprint density at radius 1 is 1.31 bits per heavy atom. The molecule has 0 radical (unpaired) electrons. The molecule has 7 nitrogen and oxygen atoms in total. The smallest absolute Gasteiger partial charge is 0.338 e. The lowest BCUT2D eigenvalue weighted by atomic mass is 10.1. The van der Waals surface area contributed by atoms with Crippen LogP contribution in [0.4, 0.5) is 0 Å². The molecule has 0 fully saturated rings. The summed E-state index contributed by atoms with van der Waals surface area (Å²) in [6.07, 6.45) is 4.18. The van der Waals surface area contributed by atoms with Gasteiger partial charge in [-0.2, -0.15) is 4.98 Å². The number of nitrogens with zero attached hydrogens (tertiary/aromatic N) is 3. The van der Waals surface area contributed by atoms with E-state index in [0.717, 1.165) is 5.56 Å². The Balaban J connectivity index is 1.70. The predicted octanol–water partition coefficient (Wildman–Crippen LogP) is 2.93. The molecular weight excluding hydrogens is 354 g/mol. The number of hydrogen-bond donors (Lipinski definition) is 0.